The largest absolute Gasteiger partial charge is 0.458 e. The molecule has 3 heterocycles. The van der Waals surface area contributed by atoms with Gasteiger partial charge in [0.05, 0.1) is 33.0 Å². The summed E-state index contributed by atoms with van der Waals surface area (Å²) in [6.45, 7) is 5.20. The highest BCUT2D eigenvalue weighted by Crippen LogP contribution is 2.32. The maximum absolute atomic E-state index is 13.7. The van der Waals surface area contributed by atoms with E-state index in [1.54, 1.807) is 55.5 Å². The number of nitrogens with zero attached hydrogens (tertiary/aromatic N) is 3. The highest BCUT2D eigenvalue weighted by molar-refractivity contribution is 7.07. The number of nitro benzene ring substituents is 1. The molecule has 0 aliphatic carbocycles. The Labute approximate surface area is 235 Å². The van der Waals surface area contributed by atoms with Crippen LogP contribution in [0.2, 0.25) is 0 Å². The number of thiazole rings is 1. The van der Waals surface area contributed by atoms with Crippen molar-refractivity contribution < 1.29 is 28.4 Å². The Bertz CT molecular complexity index is 1870. The third-order valence-electron chi connectivity index (χ3n) is 6.10. The van der Waals surface area contributed by atoms with Crippen LogP contribution < -0.4 is 19.6 Å². The first-order valence-electron chi connectivity index (χ1n) is 12.2. The second-order valence-corrected chi connectivity index (χ2v) is 9.76. The molecule has 2 aromatic heterocycles. The van der Waals surface area contributed by atoms with Gasteiger partial charge in [0.2, 0.25) is 5.76 Å². The Kier molecular flexibility index (Phi) is 7.57. The molecule has 0 bridgehead atoms. The second kappa shape index (κ2) is 11.4. The quantitative estimate of drug-likeness (QED) is 0.102. The molecule has 12 heteroatoms. The molecule has 0 N–H and O–H groups in total. The van der Waals surface area contributed by atoms with Crippen molar-refractivity contribution in [1.29, 1.82) is 0 Å². The average molecular weight is 572 g/mol. The van der Waals surface area contributed by atoms with Crippen LogP contribution >= 0.6 is 11.3 Å². The summed E-state index contributed by atoms with van der Waals surface area (Å²) in [5.74, 6) is -1.06. The summed E-state index contributed by atoms with van der Waals surface area (Å²) in [7, 11) is 0. The van der Waals surface area contributed by atoms with E-state index in [-0.39, 0.29) is 29.4 Å². The molecular weight excluding hydrogens is 550 g/mol. The van der Waals surface area contributed by atoms with Gasteiger partial charge in [0.1, 0.15) is 12.4 Å². The molecule has 11 nitrogen and oxygen atoms in total. The molecule has 2 aromatic carbocycles. The highest BCUT2D eigenvalue weighted by atomic mass is 32.1. The van der Waals surface area contributed by atoms with Crippen LogP contribution in [-0.4, -0.2) is 28.0 Å². The minimum atomic E-state index is -0.891. The van der Waals surface area contributed by atoms with Gasteiger partial charge >= 0.3 is 11.9 Å². The van der Waals surface area contributed by atoms with Crippen molar-refractivity contribution >= 4 is 35.0 Å². The number of non-ortho nitro benzene ring substituents is 1. The first-order valence-corrected chi connectivity index (χ1v) is 13.0. The van der Waals surface area contributed by atoms with Gasteiger partial charge in [0.15, 0.2) is 4.80 Å². The van der Waals surface area contributed by atoms with Gasteiger partial charge in [-0.1, -0.05) is 36.1 Å². The Balaban J connectivity index is 1.57. The number of esters is 2. The van der Waals surface area contributed by atoms with E-state index in [1.807, 2.05) is 0 Å². The van der Waals surface area contributed by atoms with Crippen LogP contribution in [0.4, 0.5) is 5.69 Å². The van der Waals surface area contributed by atoms with Gasteiger partial charge in [-0.15, -0.1) is 0 Å². The molecule has 0 spiro atoms. The number of carbonyl (C=O) groups is 2. The van der Waals surface area contributed by atoms with Gasteiger partial charge in [-0.3, -0.25) is 19.5 Å². The van der Waals surface area contributed by atoms with E-state index in [2.05, 4.69) is 11.6 Å². The molecule has 1 atom stereocenters. The molecule has 1 aliphatic rings. The van der Waals surface area contributed by atoms with Crippen LogP contribution in [-0.2, 0) is 9.53 Å². The summed E-state index contributed by atoms with van der Waals surface area (Å²) in [6, 6.07) is 14.3. The minimum Gasteiger partial charge on any atom is -0.458 e. The van der Waals surface area contributed by atoms with Crippen LogP contribution in [0.3, 0.4) is 0 Å². The summed E-state index contributed by atoms with van der Waals surface area (Å²) in [5.41, 5.74) is 1.20. The first kappa shape index (κ1) is 27.2. The number of hydrogen-bond donors (Lipinski definition) is 0. The minimum absolute atomic E-state index is 0.0332. The Morgan fingerprint density at radius 1 is 1.15 bits per heavy atom. The average Bonchev–Trinajstić information content (AvgIpc) is 3.60. The van der Waals surface area contributed by atoms with Gasteiger partial charge in [-0.25, -0.2) is 14.6 Å². The van der Waals surface area contributed by atoms with Gasteiger partial charge in [-0.2, -0.15) is 0 Å². The fraction of sp³-hybridized carbons (Fsp3) is 0.103. The molecule has 0 amide bonds. The van der Waals surface area contributed by atoms with E-state index in [9.17, 15) is 24.5 Å². The molecule has 0 radical (unpaired) electrons. The molecular formula is C29H21N3O8S. The summed E-state index contributed by atoms with van der Waals surface area (Å²) in [4.78, 5) is 54.5. The second-order valence-electron chi connectivity index (χ2n) is 8.75. The first-order chi connectivity index (χ1) is 19.8. The summed E-state index contributed by atoms with van der Waals surface area (Å²) in [5, 5.41) is 11.0. The molecule has 1 aliphatic heterocycles. The molecule has 41 heavy (non-hydrogen) atoms. The van der Waals surface area contributed by atoms with Gasteiger partial charge in [0.25, 0.3) is 11.2 Å². The summed E-state index contributed by atoms with van der Waals surface area (Å²) in [6.07, 6.45) is 4.40. The number of ether oxygens (including phenoxy) is 2. The van der Waals surface area contributed by atoms with Gasteiger partial charge in [0, 0.05) is 12.1 Å². The van der Waals surface area contributed by atoms with Crippen LogP contribution in [0.15, 0.2) is 105 Å². The smallest absolute Gasteiger partial charge is 0.379 e. The Morgan fingerprint density at radius 2 is 1.88 bits per heavy atom. The number of allylic oxidation sites excluding steroid dienone is 1. The lowest BCUT2D eigenvalue weighted by atomic mass is 9.96. The van der Waals surface area contributed by atoms with E-state index in [1.165, 1.54) is 35.1 Å². The SMILES string of the molecule is C=CCOC(=O)C1=C(C)N=c2s/c(=C/c3ccc([N+](=O)[O-])cc3)c(=O)n2[C@@H]1c1ccc(OC(=O)c2ccco2)cc1. The van der Waals surface area contributed by atoms with Crippen LogP contribution in [0.25, 0.3) is 6.08 Å². The zero-order valence-corrected chi connectivity index (χ0v) is 22.3. The third-order valence-corrected chi connectivity index (χ3v) is 7.09. The van der Waals surface area contributed by atoms with Crippen molar-refractivity contribution in [2.24, 2.45) is 4.99 Å². The fourth-order valence-corrected chi connectivity index (χ4v) is 5.27. The Morgan fingerprint density at radius 3 is 2.51 bits per heavy atom. The van der Waals surface area contributed by atoms with E-state index < -0.39 is 28.5 Å². The lowest BCUT2D eigenvalue weighted by Gasteiger charge is -2.24. The lowest BCUT2D eigenvalue weighted by Crippen LogP contribution is -2.39. The van der Waals surface area contributed by atoms with E-state index in [0.29, 0.717) is 26.2 Å². The Hall–Kier alpha value is -5.36. The number of carbonyl (C=O) groups excluding carboxylic acids is 2. The standard InChI is InChI=1S/C29H21N3O8S/c1-3-14-39-28(35)24-17(2)30-29-31(26(33)23(41-29)16-18-6-10-20(11-7-18)32(36)37)25(24)19-8-12-21(13-9-19)40-27(34)22-5-4-15-38-22/h3-13,15-16,25H,1,14H2,2H3/b23-16+/t25-/m1/s1. The molecule has 0 fully saturated rings. The number of rotatable bonds is 8. The molecule has 5 rings (SSSR count). The molecule has 0 saturated heterocycles. The summed E-state index contributed by atoms with van der Waals surface area (Å²) < 4.78 is 17.5. The molecule has 206 valence electrons. The van der Waals surface area contributed by atoms with E-state index in [4.69, 9.17) is 13.9 Å². The van der Waals surface area contributed by atoms with Crippen molar-refractivity contribution in [1.82, 2.24) is 4.57 Å². The zero-order chi connectivity index (χ0) is 29.1. The van der Waals surface area contributed by atoms with Crippen molar-refractivity contribution in [3.8, 4) is 5.75 Å². The molecule has 4 aromatic rings. The number of benzene rings is 2. The van der Waals surface area contributed by atoms with Crippen molar-refractivity contribution in [2.45, 2.75) is 13.0 Å². The van der Waals surface area contributed by atoms with Gasteiger partial charge in [-0.05, 0) is 60.5 Å². The zero-order valence-electron chi connectivity index (χ0n) is 21.5. The van der Waals surface area contributed by atoms with E-state index >= 15 is 0 Å². The lowest BCUT2D eigenvalue weighted by molar-refractivity contribution is -0.384. The summed E-state index contributed by atoms with van der Waals surface area (Å²) >= 11 is 1.12. The third kappa shape index (κ3) is 5.54. The predicted molar refractivity (Wildman–Crippen MR) is 148 cm³/mol. The maximum atomic E-state index is 13.7. The maximum Gasteiger partial charge on any atom is 0.379 e. The van der Waals surface area contributed by atoms with E-state index in [0.717, 1.165) is 11.3 Å². The van der Waals surface area contributed by atoms with Crippen molar-refractivity contribution in [2.75, 3.05) is 6.61 Å². The van der Waals surface area contributed by atoms with Crippen LogP contribution in [0.1, 0.15) is 34.6 Å². The predicted octanol–water partition coefficient (Wildman–Crippen LogP) is 3.68. The van der Waals surface area contributed by atoms with Crippen LogP contribution in [0, 0.1) is 10.1 Å². The van der Waals surface area contributed by atoms with Crippen LogP contribution in [0.5, 0.6) is 5.75 Å². The van der Waals surface area contributed by atoms with Crippen molar-refractivity contribution in [3.63, 3.8) is 0 Å². The number of furan rings is 1. The normalized spacial score (nSPS) is 14.7. The van der Waals surface area contributed by atoms with Crippen molar-refractivity contribution in [3.05, 3.63) is 138 Å². The molecule has 0 saturated carbocycles. The fourth-order valence-electron chi connectivity index (χ4n) is 4.22. The topological polar surface area (TPSA) is 143 Å². The number of aromatic nitrogens is 1. The number of nitro groups is 1. The van der Waals surface area contributed by atoms with Gasteiger partial charge < -0.3 is 13.9 Å². The molecule has 0 unspecified atom stereocenters. The number of fused-ring (bicyclic) bond motifs is 1. The monoisotopic (exact) mass is 571 g/mol. The number of hydrogen-bond acceptors (Lipinski definition) is 10. The highest BCUT2D eigenvalue weighted by Gasteiger charge is 2.33.